The highest BCUT2D eigenvalue weighted by Crippen LogP contribution is 2.33. The Balaban J connectivity index is 1.90. The number of aliphatic hydroxyl groups is 1. The molecule has 112 valence electrons. The van der Waals surface area contributed by atoms with E-state index < -0.39 is 0 Å². The van der Waals surface area contributed by atoms with E-state index in [1.54, 1.807) is 11.3 Å². The molecular formula is C16H21N3OS. The molecule has 21 heavy (non-hydrogen) atoms. The minimum absolute atomic E-state index is 0.0468. The van der Waals surface area contributed by atoms with E-state index in [4.69, 9.17) is 4.98 Å². The van der Waals surface area contributed by atoms with Gasteiger partial charge in [-0.2, -0.15) is 0 Å². The molecule has 1 atom stereocenters. The summed E-state index contributed by atoms with van der Waals surface area (Å²) < 4.78 is 0. The lowest BCUT2D eigenvalue weighted by molar-refractivity contribution is 0.234. The fourth-order valence-corrected chi connectivity index (χ4v) is 3.60. The number of thiazole rings is 1. The lowest BCUT2D eigenvalue weighted by Gasteiger charge is -2.37. The predicted octanol–water partition coefficient (Wildman–Crippen LogP) is 2.44. The molecule has 1 aliphatic rings. The van der Waals surface area contributed by atoms with Gasteiger partial charge in [0, 0.05) is 31.2 Å². The highest BCUT2D eigenvalue weighted by Gasteiger charge is 2.24. The molecule has 1 unspecified atom stereocenters. The number of aromatic nitrogens is 1. The Morgan fingerprint density at radius 1 is 1.29 bits per heavy atom. The number of aliphatic hydroxyl groups excluding tert-OH is 1. The third-order valence-electron chi connectivity index (χ3n) is 4.11. The molecule has 2 heterocycles. The van der Waals surface area contributed by atoms with Crippen LogP contribution in [0.4, 0.5) is 5.13 Å². The molecule has 1 fully saturated rings. The second-order valence-electron chi connectivity index (χ2n) is 5.57. The van der Waals surface area contributed by atoms with Crippen LogP contribution in [0.3, 0.4) is 0 Å². The number of benzene rings is 1. The van der Waals surface area contributed by atoms with Crippen LogP contribution in [0.5, 0.6) is 0 Å². The van der Waals surface area contributed by atoms with Gasteiger partial charge in [-0.05, 0) is 14.0 Å². The van der Waals surface area contributed by atoms with Crippen LogP contribution in [-0.2, 0) is 6.61 Å². The molecule has 0 aliphatic carbocycles. The van der Waals surface area contributed by atoms with Crippen molar-refractivity contribution in [1.82, 2.24) is 9.88 Å². The van der Waals surface area contributed by atoms with Gasteiger partial charge in [0.1, 0.15) is 0 Å². The highest BCUT2D eigenvalue weighted by molar-refractivity contribution is 7.16. The summed E-state index contributed by atoms with van der Waals surface area (Å²) in [5, 5.41) is 10.7. The van der Waals surface area contributed by atoms with Crippen molar-refractivity contribution < 1.29 is 5.11 Å². The van der Waals surface area contributed by atoms with Crippen molar-refractivity contribution in [2.45, 2.75) is 19.6 Å². The molecular weight excluding hydrogens is 282 g/mol. The molecule has 0 saturated carbocycles. The molecule has 0 bridgehead atoms. The van der Waals surface area contributed by atoms with Gasteiger partial charge in [-0.15, -0.1) is 0 Å². The van der Waals surface area contributed by atoms with Crippen molar-refractivity contribution in [3.05, 3.63) is 35.2 Å². The molecule has 0 amide bonds. The summed E-state index contributed by atoms with van der Waals surface area (Å²) in [4.78, 5) is 10.5. The largest absolute Gasteiger partial charge is 0.391 e. The molecule has 1 N–H and O–H groups in total. The van der Waals surface area contributed by atoms with Crippen LogP contribution in [0.25, 0.3) is 11.3 Å². The van der Waals surface area contributed by atoms with Gasteiger partial charge in [0.15, 0.2) is 5.13 Å². The van der Waals surface area contributed by atoms with Gasteiger partial charge >= 0.3 is 0 Å². The molecule has 1 aliphatic heterocycles. The van der Waals surface area contributed by atoms with Crippen LogP contribution >= 0.6 is 11.3 Å². The van der Waals surface area contributed by atoms with Crippen LogP contribution < -0.4 is 4.90 Å². The Bertz CT molecular complexity index is 599. The Hall–Kier alpha value is -1.43. The van der Waals surface area contributed by atoms with Gasteiger partial charge in [0.05, 0.1) is 17.2 Å². The van der Waals surface area contributed by atoms with Crippen molar-refractivity contribution in [3.8, 4) is 11.3 Å². The zero-order valence-electron chi connectivity index (χ0n) is 12.5. The van der Waals surface area contributed by atoms with Crippen molar-refractivity contribution in [2.75, 3.05) is 31.6 Å². The third-order valence-corrected chi connectivity index (χ3v) is 5.21. The van der Waals surface area contributed by atoms with Crippen LogP contribution in [0.15, 0.2) is 30.3 Å². The van der Waals surface area contributed by atoms with Gasteiger partial charge in [-0.1, -0.05) is 41.7 Å². The van der Waals surface area contributed by atoms with Gasteiger partial charge in [-0.3, -0.25) is 0 Å². The van der Waals surface area contributed by atoms with Crippen molar-refractivity contribution >= 4 is 16.5 Å². The number of piperazine rings is 1. The zero-order valence-corrected chi connectivity index (χ0v) is 13.3. The summed E-state index contributed by atoms with van der Waals surface area (Å²) in [7, 11) is 2.17. The Morgan fingerprint density at radius 3 is 2.71 bits per heavy atom. The van der Waals surface area contributed by atoms with Gasteiger partial charge in [0.25, 0.3) is 0 Å². The first-order chi connectivity index (χ1) is 10.2. The average Bonchev–Trinajstić information content (AvgIpc) is 2.95. The Kier molecular flexibility index (Phi) is 4.24. The molecule has 3 rings (SSSR count). The van der Waals surface area contributed by atoms with Gasteiger partial charge < -0.3 is 14.9 Å². The second kappa shape index (κ2) is 6.13. The van der Waals surface area contributed by atoms with Crippen LogP contribution in [0, 0.1) is 0 Å². The maximum Gasteiger partial charge on any atom is 0.186 e. The first-order valence-electron chi connectivity index (χ1n) is 7.30. The normalized spacial score (nSPS) is 20.0. The Morgan fingerprint density at radius 2 is 2.05 bits per heavy atom. The topological polar surface area (TPSA) is 39.6 Å². The van der Waals surface area contributed by atoms with E-state index in [-0.39, 0.29) is 6.61 Å². The van der Waals surface area contributed by atoms with Gasteiger partial charge in [0.2, 0.25) is 0 Å². The van der Waals surface area contributed by atoms with E-state index in [1.165, 1.54) is 0 Å². The van der Waals surface area contributed by atoms with Crippen LogP contribution in [0.1, 0.15) is 11.8 Å². The van der Waals surface area contributed by atoms with Crippen LogP contribution in [-0.4, -0.2) is 47.7 Å². The molecule has 0 spiro atoms. The summed E-state index contributed by atoms with van der Waals surface area (Å²) >= 11 is 1.61. The van der Waals surface area contributed by atoms with E-state index in [1.807, 2.05) is 30.3 Å². The maximum absolute atomic E-state index is 9.63. The molecule has 5 heteroatoms. The number of nitrogens with zero attached hydrogens (tertiary/aromatic N) is 3. The number of likely N-dealkylation sites (N-methyl/N-ethyl adjacent to an activating group) is 1. The first kappa shape index (κ1) is 14.5. The van der Waals surface area contributed by atoms with Crippen molar-refractivity contribution in [3.63, 3.8) is 0 Å². The maximum atomic E-state index is 9.63. The summed E-state index contributed by atoms with van der Waals surface area (Å²) in [5.74, 6) is 0. The quantitative estimate of drug-likeness (QED) is 0.945. The summed E-state index contributed by atoms with van der Waals surface area (Å²) in [6.07, 6.45) is 0. The number of hydrogen-bond acceptors (Lipinski definition) is 5. The monoisotopic (exact) mass is 303 g/mol. The average molecular weight is 303 g/mol. The standard InChI is InChI=1S/C16H21N3OS/c1-12-10-19(9-8-18(12)2)16-17-15(14(11-20)21-16)13-6-4-3-5-7-13/h3-7,12,20H,8-11H2,1-2H3. The minimum Gasteiger partial charge on any atom is -0.391 e. The smallest absolute Gasteiger partial charge is 0.186 e. The first-order valence-corrected chi connectivity index (χ1v) is 8.12. The number of anilines is 1. The van der Waals surface area contributed by atoms with Crippen molar-refractivity contribution in [1.29, 1.82) is 0 Å². The van der Waals surface area contributed by atoms with E-state index in [2.05, 4.69) is 23.8 Å². The molecule has 1 aromatic heterocycles. The summed E-state index contributed by atoms with van der Waals surface area (Å²) in [6, 6.07) is 10.6. The highest BCUT2D eigenvalue weighted by atomic mass is 32.1. The Labute approximate surface area is 129 Å². The summed E-state index contributed by atoms with van der Waals surface area (Å²) in [5.41, 5.74) is 2.00. The molecule has 2 aromatic rings. The van der Waals surface area contributed by atoms with E-state index in [9.17, 15) is 5.11 Å². The van der Waals surface area contributed by atoms with Gasteiger partial charge in [-0.25, -0.2) is 4.98 Å². The van der Waals surface area contributed by atoms with E-state index in [0.717, 1.165) is 40.9 Å². The summed E-state index contributed by atoms with van der Waals surface area (Å²) in [6.45, 7) is 5.32. The molecule has 0 radical (unpaired) electrons. The SMILES string of the molecule is CC1CN(c2nc(-c3ccccc3)c(CO)s2)CCN1C. The van der Waals surface area contributed by atoms with Crippen molar-refractivity contribution in [2.24, 2.45) is 0 Å². The predicted molar refractivity (Wildman–Crippen MR) is 87.8 cm³/mol. The zero-order chi connectivity index (χ0) is 14.8. The lowest BCUT2D eigenvalue weighted by atomic mass is 10.1. The van der Waals surface area contributed by atoms with Crippen LogP contribution in [0.2, 0.25) is 0 Å². The second-order valence-corrected chi connectivity index (χ2v) is 6.63. The molecule has 1 saturated heterocycles. The lowest BCUT2D eigenvalue weighted by Crippen LogP contribution is -2.50. The fraction of sp³-hybridized carbons (Fsp3) is 0.438. The van der Waals surface area contributed by atoms with E-state index in [0.29, 0.717) is 6.04 Å². The molecule has 1 aromatic carbocycles. The molecule has 4 nitrogen and oxygen atoms in total. The fourth-order valence-electron chi connectivity index (χ4n) is 2.63. The number of hydrogen-bond donors (Lipinski definition) is 1. The number of rotatable bonds is 3. The third kappa shape index (κ3) is 2.95. The van der Waals surface area contributed by atoms with E-state index >= 15 is 0 Å². The minimum atomic E-state index is 0.0468.